The largest absolute Gasteiger partial charge is 0.326 e. The molecule has 0 aliphatic carbocycles. The lowest BCUT2D eigenvalue weighted by atomic mass is 10.2. The van der Waals surface area contributed by atoms with Crippen LogP contribution in [0.1, 0.15) is 17.3 Å². The van der Waals surface area contributed by atoms with Crippen molar-refractivity contribution in [3.8, 4) is 0 Å². The number of benzene rings is 1. The normalized spacial score (nSPS) is 9.83. The minimum absolute atomic E-state index is 0.159. The fourth-order valence-corrected chi connectivity index (χ4v) is 1.46. The zero-order valence-electron chi connectivity index (χ0n) is 9.73. The molecule has 0 bridgehead atoms. The Morgan fingerprint density at radius 1 is 1.22 bits per heavy atom. The fourth-order valence-electron chi connectivity index (χ4n) is 1.46. The second-order valence-electron chi connectivity index (χ2n) is 3.70. The molecular formula is C12H12N4O2. The van der Waals surface area contributed by atoms with E-state index in [4.69, 9.17) is 0 Å². The molecule has 92 valence electrons. The second kappa shape index (κ2) is 5.13. The average Bonchev–Trinajstić information content (AvgIpc) is 2.81. The third-order valence-corrected chi connectivity index (χ3v) is 2.20. The van der Waals surface area contributed by atoms with Crippen LogP contribution in [-0.4, -0.2) is 22.0 Å². The van der Waals surface area contributed by atoms with Crippen LogP contribution in [0.3, 0.4) is 0 Å². The van der Waals surface area contributed by atoms with Gasteiger partial charge >= 0.3 is 0 Å². The Morgan fingerprint density at radius 2 is 1.94 bits per heavy atom. The van der Waals surface area contributed by atoms with Gasteiger partial charge in [-0.05, 0) is 18.2 Å². The van der Waals surface area contributed by atoms with Gasteiger partial charge < -0.3 is 10.6 Å². The van der Waals surface area contributed by atoms with Crippen molar-refractivity contribution >= 4 is 23.2 Å². The number of anilines is 2. The van der Waals surface area contributed by atoms with E-state index in [1.807, 2.05) is 0 Å². The van der Waals surface area contributed by atoms with Crippen molar-refractivity contribution in [3.63, 3.8) is 0 Å². The van der Waals surface area contributed by atoms with Crippen LogP contribution in [-0.2, 0) is 4.79 Å². The van der Waals surface area contributed by atoms with Crippen molar-refractivity contribution < 1.29 is 9.59 Å². The van der Waals surface area contributed by atoms with E-state index in [2.05, 4.69) is 20.8 Å². The maximum Gasteiger partial charge on any atom is 0.258 e. The highest BCUT2D eigenvalue weighted by molar-refractivity contribution is 6.04. The molecule has 0 aliphatic rings. The summed E-state index contributed by atoms with van der Waals surface area (Å²) in [6.45, 7) is 1.43. The second-order valence-corrected chi connectivity index (χ2v) is 3.70. The van der Waals surface area contributed by atoms with Crippen molar-refractivity contribution in [1.82, 2.24) is 10.2 Å². The van der Waals surface area contributed by atoms with Gasteiger partial charge in [-0.25, -0.2) is 0 Å². The lowest BCUT2D eigenvalue weighted by molar-refractivity contribution is -0.114. The van der Waals surface area contributed by atoms with E-state index >= 15 is 0 Å². The van der Waals surface area contributed by atoms with Gasteiger partial charge in [-0.2, -0.15) is 5.10 Å². The zero-order chi connectivity index (χ0) is 13.0. The number of amides is 2. The monoisotopic (exact) mass is 244 g/mol. The number of hydrogen-bond donors (Lipinski definition) is 3. The Balaban J connectivity index is 2.10. The number of nitrogens with zero attached hydrogens (tertiary/aromatic N) is 1. The predicted octanol–water partition coefficient (Wildman–Crippen LogP) is 1.62. The Hall–Kier alpha value is -2.63. The van der Waals surface area contributed by atoms with Crippen molar-refractivity contribution in [2.75, 3.05) is 10.6 Å². The molecule has 0 spiro atoms. The average molecular weight is 244 g/mol. The number of carbonyl (C=O) groups is 2. The first-order valence-corrected chi connectivity index (χ1v) is 5.33. The molecule has 0 fully saturated rings. The highest BCUT2D eigenvalue weighted by Crippen LogP contribution is 2.15. The number of aromatic nitrogens is 2. The summed E-state index contributed by atoms with van der Waals surface area (Å²) in [5.74, 6) is -0.419. The van der Waals surface area contributed by atoms with Gasteiger partial charge in [0.25, 0.3) is 5.91 Å². The summed E-state index contributed by atoms with van der Waals surface area (Å²) in [6, 6.07) is 6.91. The molecule has 18 heavy (non-hydrogen) atoms. The zero-order valence-corrected chi connectivity index (χ0v) is 9.73. The number of nitrogens with one attached hydrogen (secondary N) is 3. The molecule has 1 aromatic carbocycles. The van der Waals surface area contributed by atoms with Crippen molar-refractivity contribution in [1.29, 1.82) is 0 Å². The molecule has 0 aliphatic heterocycles. The van der Waals surface area contributed by atoms with Crippen LogP contribution in [0.4, 0.5) is 11.4 Å². The molecule has 1 aromatic heterocycles. The number of H-pyrrole nitrogens is 1. The summed E-state index contributed by atoms with van der Waals surface area (Å²) in [6.07, 6.45) is 2.94. The van der Waals surface area contributed by atoms with E-state index < -0.39 is 0 Å². The summed E-state index contributed by atoms with van der Waals surface area (Å²) in [7, 11) is 0. The van der Waals surface area contributed by atoms with Gasteiger partial charge in [0.1, 0.15) is 0 Å². The van der Waals surface area contributed by atoms with Gasteiger partial charge in [-0.1, -0.05) is 6.07 Å². The maximum atomic E-state index is 11.8. The highest BCUT2D eigenvalue weighted by atomic mass is 16.2. The topological polar surface area (TPSA) is 86.9 Å². The minimum atomic E-state index is -0.260. The van der Waals surface area contributed by atoms with E-state index in [9.17, 15) is 9.59 Å². The molecular weight excluding hydrogens is 232 g/mol. The fraction of sp³-hybridized carbons (Fsp3) is 0.0833. The van der Waals surface area contributed by atoms with Crippen LogP contribution < -0.4 is 10.6 Å². The van der Waals surface area contributed by atoms with E-state index in [-0.39, 0.29) is 11.8 Å². The quantitative estimate of drug-likeness (QED) is 0.766. The number of carbonyl (C=O) groups excluding carboxylic acids is 2. The van der Waals surface area contributed by atoms with E-state index in [0.29, 0.717) is 16.9 Å². The van der Waals surface area contributed by atoms with Gasteiger partial charge in [0.15, 0.2) is 0 Å². The summed E-state index contributed by atoms with van der Waals surface area (Å²) < 4.78 is 0. The van der Waals surface area contributed by atoms with Crippen LogP contribution in [0, 0.1) is 0 Å². The maximum absolute atomic E-state index is 11.8. The van der Waals surface area contributed by atoms with Gasteiger partial charge in [0.05, 0.1) is 11.8 Å². The van der Waals surface area contributed by atoms with E-state index in [1.165, 1.54) is 19.3 Å². The summed E-state index contributed by atoms with van der Waals surface area (Å²) in [4.78, 5) is 22.7. The first-order chi connectivity index (χ1) is 8.65. The van der Waals surface area contributed by atoms with E-state index in [1.54, 1.807) is 24.3 Å². The van der Waals surface area contributed by atoms with Gasteiger partial charge in [0, 0.05) is 24.5 Å². The van der Waals surface area contributed by atoms with Crippen molar-refractivity contribution in [3.05, 3.63) is 42.2 Å². The molecule has 6 nitrogen and oxygen atoms in total. The molecule has 0 atom stereocenters. The molecule has 2 aromatic rings. The van der Waals surface area contributed by atoms with Crippen molar-refractivity contribution in [2.45, 2.75) is 6.92 Å². The molecule has 2 rings (SSSR count). The molecule has 2 amide bonds. The minimum Gasteiger partial charge on any atom is -0.326 e. The Bertz CT molecular complexity index is 563. The predicted molar refractivity (Wildman–Crippen MR) is 67.3 cm³/mol. The number of rotatable bonds is 3. The number of aromatic amines is 1. The van der Waals surface area contributed by atoms with E-state index in [0.717, 1.165) is 0 Å². The molecule has 6 heteroatoms. The Kier molecular flexibility index (Phi) is 3.38. The van der Waals surface area contributed by atoms with Crippen LogP contribution >= 0.6 is 0 Å². The molecule has 0 saturated heterocycles. The van der Waals surface area contributed by atoms with Crippen LogP contribution in [0.2, 0.25) is 0 Å². The van der Waals surface area contributed by atoms with Crippen molar-refractivity contribution in [2.24, 2.45) is 0 Å². The standard InChI is InChI=1S/C12H12N4O2/c1-8(17)15-10-3-2-4-11(5-10)16-12(18)9-6-13-14-7-9/h2-7H,1H3,(H,13,14)(H,15,17)(H,16,18). The smallest absolute Gasteiger partial charge is 0.258 e. The summed E-state index contributed by atoms with van der Waals surface area (Å²) in [5, 5.41) is 11.6. The Morgan fingerprint density at radius 3 is 2.56 bits per heavy atom. The van der Waals surface area contributed by atoms with Gasteiger partial charge in [-0.3, -0.25) is 14.7 Å². The molecule has 3 N–H and O–H groups in total. The lowest BCUT2D eigenvalue weighted by Crippen LogP contribution is -2.11. The Labute approximate surface area is 103 Å². The molecule has 0 saturated carbocycles. The third kappa shape index (κ3) is 2.94. The van der Waals surface area contributed by atoms with Crippen LogP contribution in [0.15, 0.2) is 36.7 Å². The summed E-state index contributed by atoms with van der Waals surface area (Å²) in [5.41, 5.74) is 1.68. The highest BCUT2D eigenvalue weighted by Gasteiger charge is 2.07. The first kappa shape index (κ1) is 11.8. The van der Waals surface area contributed by atoms with Crippen LogP contribution in [0.25, 0.3) is 0 Å². The van der Waals surface area contributed by atoms with Crippen LogP contribution in [0.5, 0.6) is 0 Å². The van der Waals surface area contributed by atoms with Gasteiger partial charge in [0.2, 0.25) is 5.91 Å². The molecule has 1 heterocycles. The third-order valence-electron chi connectivity index (χ3n) is 2.20. The lowest BCUT2D eigenvalue weighted by Gasteiger charge is -2.06. The molecule has 0 unspecified atom stereocenters. The SMILES string of the molecule is CC(=O)Nc1cccc(NC(=O)c2cn[nH]c2)c1. The first-order valence-electron chi connectivity index (χ1n) is 5.33. The summed E-state index contributed by atoms with van der Waals surface area (Å²) >= 11 is 0. The van der Waals surface area contributed by atoms with Gasteiger partial charge in [-0.15, -0.1) is 0 Å². The number of hydrogen-bond acceptors (Lipinski definition) is 3. The molecule has 0 radical (unpaired) electrons.